The van der Waals surface area contributed by atoms with Gasteiger partial charge in [-0.3, -0.25) is 24.2 Å². The second kappa shape index (κ2) is 15.9. The fourth-order valence-electron chi connectivity index (χ4n) is 5.95. The Kier molecular flexibility index (Phi) is 11.7. The molecular formula is C33H44N6O4. The van der Waals surface area contributed by atoms with Crippen LogP contribution in [0.25, 0.3) is 0 Å². The van der Waals surface area contributed by atoms with Gasteiger partial charge in [-0.25, -0.2) is 0 Å². The average molecular weight is 589 g/mol. The molecule has 2 aliphatic rings. The van der Waals surface area contributed by atoms with Gasteiger partial charge in [-0.1, -0.05) is 73.9 Å². The molecule has 1 saturated carbocycles. The predicted molar refractivity (Wildman–Crippen MR) is 166 cm³/mol. The van der Waals surface area contributed by atoms with Crippen molar-refractivity contribution in [1.29, 1.82) is 0 Å². The van der Waals surface area contributed by atoms with E-state index in [-0.39, 0.29) is 42.9 Å². The molecule has 230 valence electrons. The van der Waals surface area contributed by atoms with E-state index in [1.54, 1.807) is 29.2 Å². The van der Waals surface area contributed by atoms with E-state index in [1.807, 2.05) is 30.3 Å². The lowest BCUT2D eigenvalue weighted by Crippen LogP contribution is -2.57. The first-order chi connectivity index (χ1) is 20.8. The van der Waals surface area contributed by atoms with Crippen LogP contribution >= 0.6 is 0 Å². The van der Waals surface area contributed by atoms with Crippen molar-refractivity contribution >= 4 is 29.5 Å². The lowest BCUT2D eigenvalue weighted by atomic mass is 9.89. The van der Waals surface area contributed by atoms with Crippen molar-refractivity contribution in [3.63, 3.8) is 0 Å². The Morgan fingerprint density at radius 3 is 2.33 bits per heavy atom. The maximum atomic E-state index is 13.8. The molecule has 1 heterocycles. The van der Waals surface area contributed by atoms with Crippen LogP contribution in [0.1, 0.15) is 79.3 Å². The van der Waals surface area contributed by atoms with Crippen LogP contribution in [0.3, 0.4) is 0 Å². The minimum atomic E-state index is -0.805. The van der Waals surface area contributed by atoms with Crippen LogP contribution in [0.15, 0.2) is 59.6 Å². The number of nitrogens with zero attached hydrogens (tertiary/aromatic N) is 2. The summed E-state index contributed by atoms with van der Waals surface area (Å²) in [5.41, 5.74) is 13.4. The number of fused-ring (bicyclic) bond motifs is 1. The average Bonchev–Trinajstić information content (AvgIpc) is 3.03. The topological polar surface area (TPSA) is 160 Å². The number of benzene rings is 2. The molecule has 2 atom stereocenters. The van der Waals surface area contributed by atoms with E-state index in [4.69, 9.17) is 11.5 Å². The van der Waals surface area contributed by atoms with E-state index in [0.29, 0.717) is 43.8 Å². The molecule has 4 rings (SSSR count). The standard InChI is InChI=1S/C33H44N6O4/c34-33(35)36-19-9-16-27(31(42)37-21-23-10-3-1-4-11-23)38-32(43)28-20-25-14-7-8-15-26(25)22-39(28)30(41)18-17-29(40)24-12-5-2-6-13-24/h2,5-8,12-15,23,27-28H,1,3-4,9-11,16-22H2,(H,37,42)(H,38,43)(H4,34,35,36). The van der Waals surface area contributed by atoms with Gasteiger partial charge in [-0.2, -0.15) is 0 Å². The highest BCUT2D eigenvalue weighted by atomic mass is 16.2. The number of guanidine groups is 1. The highest BCUT2D eigenvalue weighted by molar-refractivity contribution is 5.98. The van der Waals surface area contributed by atoms with Gasteiger partial charge in [0.15, 0.2) is 11.7 Å². The van der Waals surface area contributed by atoms with E-state index < -0.39 is 18.0 Å². The molecule has 2 aromatic rings. The lowest BCUT2D eigenvalue weighted by molar-refractivity contribution is -0.142. The minimum Gasteiger partial charge on any atom is -0.370 e. The first-order valence-electron chi connectivity index (χ1n) is 15.4. The van der Waals surface area contributed by atoms with E-state index in [2.05, 4.69) is 15.6 Å². The molecule has 0 saturated heterocycles. The first kappa shape index (κ1) is 31.7. The Morgan fingerprint density at radius 2 is 1.60 bits per heavy atom. The Labute approximate surface area is 253 Å². The molecule has 0 spiro atoms. The smallest absolute Gasteiger partial charge is 0.243 e. The number of hydrogen-bond acceptors (Lipinski definition) is 5. The van der Waals surface area contributed by atoms with Gasteiger partial charge in [0.25, 0.3) is 0 Å². The number of carbonyl (C=O) groups is 4. The molecule has 2 unspecified atom stereocenters. The highest BCUT2D eigenvalue weighted by Gasteiger charge is 2.36. The molecule has 1 aliphatic carbocycles. The third-order valence-electron chi connectivity index (χ3n) is 8.40. The monoisotopic (exact) mass is 588 g/mol. The maximum absolute atomic E-state index is 13.8. The van der Waals surface area contributed by atoms with Gasteiger partial charge in [0.05, 0.1) is 0 Å². The van der Waals surface area contributed by atoms with E-state index >= 15 is 0 Å². The summed E-state index contributed by atoms with van der Waals surface area (Å²) in [6.07, 6.45) is 6.96. The van der Waals surface area contributed by atoms with Crippen molar-refractivity contribution < 1.29 is 19.2 Å². The summed E-state index contributed by atoms with van der Waals surface area (Å²) in [5, 5.41) is 6.00. The number of carbonyl (C=O) groups excluding carboxylic acids is 4. The largest absolute Gasteiger partial charge is 0.370 e. The molecule has 1 fully saturated rings. The van der Waals surface area contributed by atoms with E-state index in [1.165, 1.54) is 19.3 Å². The number of Topliss-reactive ketones (excluding diaryl/α,β-unsaturated/α-hetero) is 1. The predicted octanol–water partition coefficient (Wildman–Crippen LogP) is 2.84. The number of aliphatic imine (C=N–C) groups is 1. The zero-order valence-electron chi connectivity index (χ0n) is 24.8. The van der Waals surface area contributed by atoms with Gasteiger partial charge in [0.2, 0.25) is 17.7 Å². The van der Waals surface area contributed by atoms with Crippen molar-refractivity contribution in [3.8, 4) is 0 Å². The summed E-state index contributed by atoms with van der Waals surface area (Å²) in [6.45, 7) is 1.17. The van der Waals surface area contributed by atoms with Gasteiger partial charge >= 0.3 is 0 Å². The lowest BCUT2D eigenvalue weighted by Gasteiger charge is -2.37. The second-order valence-electron chi connectivity index (χ2n) is 11.6. The molecule has 43 heavy (non-hydrogen) atoms. The summed E-state index contributed by atoms with van der Waals surface area (Å²) in [6, 6.07) is 15.0. The fourth-order valence-corrected chi connectivity index (χ4v) is 5.95. The normalized spacial score (nSPS) is 17.3. The number of nitrogens with one attached hydrogen (secondary N) is 2. The Hall–Kier alpha value is -4.21. The summed E-state index contributed by atoms with van der Waals surface area (Å²) >= 11 is 0. The van der Waals surface area contributed by atoms with E-state index in [0.717, 1.165) is 24.0 Å². The molecular weight excluding hydrogens is 544 g/mol. The zero-order valence-corrected chi connectivity index (χ0v) is 24.8. The third-order valence-corrected chi connectivity index (χ3v) is 8.40. The highest BCUT2D eigenvalue weighted by Crippen LogP contribution is 2.25. The van der Waals surface area contributed by atoms with Crippen molar-refractivity contribution in [1.82, 2.24) is 15.5 Å². The third kappa shape index (κ3) is 9.39. The van der Waals surface area contributed by atoms with Gasteiger partial charge in [0.1, 0.15) is 12.1 Å². The fraction of sp³-hybridized carbons (Fsp3) is 0.485. The molecule has 1 aliphatic heterocycles. The van der Waals surface area contributed by atoms with Gasteiger partial charge in [0, 0.05) is 44.5 Å². The van der Waals surface area contributed by atoms with Gasteiger partial charge in [-0.05, 0) is 42.7 Å². The van der Waals surface area contributed by atoms with Crippen LogP contribution in [0.4, 0.5) is 0 Å². The van der Waals surface area contributed by atoms with Crippen LogP contribution in [0.2, 0.25) is 0 Å². The quantitative estimate of drug-likeness (QED) is 0.122. The van der Waals surface area contributed by atoms with Crippen LogP contribution in [0, 0.1) is 5.92 Å². The van der Waals surface area contributed by atoms with E-state index in [9.17, 15) is 19.2 Å². The number of nitrogens with two attached hydrogens (primary N) is 2. The number of hydrogen-bond donors (Lipinski definition) is 4. The molecule has 0 aromatic heterocycles. The van der Waals surface area contributed by atoms with Crippen molar-refractivity contribution in [2.24, 2.45) is 22.4 Å². The Morgan fingerprint density at radius 1 is 0.907 bits per heavy atom. The van der Waals surface area contributed by atoms with Gasteiger partial charge in [-0.15, -0.1) is 0 Å². The van der Waals surface area contributed by atoms with Crippen LogP contribution < -0.4 is 22.1 Å². The molecule has 0 bridgehead atoms. The molecule has 6 N–H and O–H groups in total. The van der Waals surface area contributed by atoms with Crippen molar-refractivity contribution in [2.45, 2.75) is 82.8 Å². The van der Waals surface area contributed by atoms with Crippen LogP contribution in [-0.4, -0.2) is 59.5 Å². The van der Waals surface area contributed by atoms with Crippen molar-refractivity contribution in [3.05, 3.63) is 71.3 Å². The minimum absolute atomic E-state index is 0.0104. The molecule has 0 radical (unpaired) electrons. The first-order valence-corrected chi connectivity index (χ1v) is 15.4. The number of amides is 3. The second-order valence-corrected chi connectivity index (χ2v) is 11.6. The molecule has 10 heteroatoms. The van der Waals surface area contributed by atoms with Crippen LogP contribution in [-0.2, 0) is 27.3 Å². The SMILES string of the molecule is NC(N)=NCCCC(NC(=O)C1Cc2ccccc2CN1C(=O)CCC(=O)c1ccccc1)C(=O)NCC1CCCCC1. The summed E-state index contributed by atoms with van der Waals surface area (Å²) in [7, 11) is 0. The number of ketones is 1. The molecule has 2 aromatic carbocycles. The van der Waals surface area contributed by atoms with Crippen molar-refractivity contribution in [2.75, 3.05) is 13.1 Å². The Balaban J connectivity index is 1.45. The molecule has 3 amide bonds. The summed E-state index contributed by atoms with van der Waals surface area (Å²) in [5.74, 6) is -0.615. The summed E-state index contributed by atoms with van der Waals surface area (Å²) in [4.78, 5) is 58.9. The van der Waals surface area contributed by atoms with Gasteiger partial charge < -0.3 is 27.0 Å². The zero-order chi connectivity index (χ0) is 30.6. The summed E-state index contributed by atoms with van der Waals surface area (Å²) < 4.78 is 0. The Bertz CT molecular complexity index is 1290. The van der Waals surface area contributed by atoms with Crippen LogP contribution in [0.5, 0.6) is 0 Å². The molecule has 10 nitrogen and oxygen atoms in total. The number of rotatable bonds is 13. The maximum Gasteiger partial charge on any atom is 0.243 e.